The summed E-state index contributed by atoms with van der Waals surface area (Å²) in [6, 6.07) is 0. The molecule has 168 valence electrons. The fourth-order valence-electron chi connectivity index (χ4n) is 9.66. The van der Waals surface area contributed by atoms with E-state index in [1.807, 2.05) is 0 Å². The van der Waals surface area contributed by atoms with Gasteiger partial charge in [-0.2, -0.15) is 0 Å². The quantitative estimate of drug-likeness (QED) is 0.553. The van der Waals surface area contributed by atoms with E-state index in [1.165, 1.54) is 51.4 Å². The highest BCUT2D eigenvalue weighted by molar-refractivity contribution is 5.13. The molecule has 0 aromatic carbocycles. The van der Waals surface area contributed by atoms with Crippen LogP contribution in [0.2, 0.25) is 0 Å². The normalized spacial score (nSPS) is 53.1. The summed E-state index contributed by atoms with van der Waals surface area (Å²) in [6.45, 7) is 12.3. The Hall–Kier alpha value is -0.0800. The molecule has 2 nitrogen and oxygen atoms in total. The van der Waals surface area contributed by atoms with Gasteiger partial charge in [-0.25, -0.2) is 0 Å². The lowest BCUT2D eigenvalue weighted by Gasteiger charge is -2.64. The average molecular weight is 405 g/mol. The zero-order valence-electron chi connectivity index (χ0n) is 19.9. The van der Waals surface area contributed by atoms with Gasteiger partial charge in [0.2, 0.25) is 0 Å². The van der Waals surface area contributed by atoms with E-state index in [0.717, 1.165) is 31.1 Å². The maximum Gasteiger partial charge on any atom is 0.0605 e. The number of fused-ring (bicyclic) bond motifs is 5. The van der Waals surface area contributed by atoms with E-state index < -0.39 is 0 Å². The second-order valence-corrected chi connectivity index (χ2v) is 12.2. The number of rotatable bonds is 5. The number of hydrogen-bond donors (Lipinski definition) is 2. The Balaban J connectivity index is 1.63. The van der Waals surface area contributed by atoms with E-state index in [4.69, 9.17) is 0 Å². The minimum atomic E-state index is -0.150. The summed E-state index contributed by atoms with van der Waals surface area (Å²) in [6.07, 6.45) is 13.3. The molecule has 0 heterocycles. The Bertz CT molecular complexity index is 575. The van der Waals surface area contributed by atoms with Crippen molar-refractivity contribution in [3.8, 4) is 0 Å². The van der Waals surface area contributed by atoms with Crippen LogP contribution < -0.4 is 0 Å². The van der Waals surface area contributed by atoms with Gasteiger partial charge in [0.25, 0.3) is 0 Å². The minimum absolute atomic E-state index is 0.144. The Kier molecular flexibility index (Phi) is 6.19. The fourth-order valence-corrected chi connectivity index (χ4v) is 9.66. The molecule has 0 amide bonds. The molecule has 4 saturated carbocycles. The molecule has 29 heavy (non-hydrogen) atoms. The largest absolute Gasteiger partial charge is 0.393 e. The highest BCUT2D eigenvalue weighted by atomic mass is 16.3. The lowest BCUT2D eigenvalue weighted by Crippen LogP contribution is -2.62. The summed E-state index contributed by atoms with van der Waals surface area (Å²) in [5.41, 5.74) is 0.766. The first-order chi connectivity index (χ1) is 13.8. The molecular weight excluding hydrogens is 356 g/mol. The maximum atomic E-state index is 11.7. The molecular formula is C27H48O2. The van der Waals surface area contributed by atoms with E-state index in [1.54, 1.807) is 0 Å². The van der Waals surface area contributed by atoms with Crippen LogP contribution in [0.3, 0.4) is 0 Å². The number of unbranched alkanes of at least 4 members (excludes halogenated alkanes) is 1. The summed E-state index contributed by atoms with van der Waals surface area (Å²) < 4.78 is 0. The van der Waals surface area contributed by atoms with Gasteiger partial charge in [0.1, 0.15) is 0 Å². The lowest BCUT2D eigenvalue weighted by molar-refractivity contribution is -0.203. The first-order valence-corrected chi connectivity index (χ1v) is 13.1. The van der Waals surface area contributed by atoms with E-state index in [9.17, 15) is 10.2 Å². The van der Waals surface area contributed by atoms with Gasteiger partial charge in [-0.05, 0) is 97.2 Å². The SMILES string of the molecule is CCCC[C@@H](C)[C@H]1CC[C@H]2[C@@H]3[C@H](O)C(CC)[C@@H]4C[C@H](O)CC[C@]4(C)[C@H]3CC[C@]12C. The maximum absolute atomic E-state index is 11.7. The van der Waals surface area contributed by atoms with Crippen LogP contribution in [-0.2, 0) is 0 Å². The zero-order valence-corrected chi connectivity index (χ0v) is 19.9. The van der Waals surface area contributed by atoms with Crippen LogP contribution in [0.1, 0.15) is 105 Å². The molecule has 0 aliphatic heterocycles. The third-order valence-electron chi connectivity index (χ3n) is 11.2. The fraction of sp³-hybridized carbons (Fsp3) is 1.00. The van der Waals surface area contributed by atoms with Crippen LogP contribution in [0, 0.1) is 52.3 Å². The van der Waals surface area contributed by atoms with Crippen LogP contribution in [0.25, 0.3) is 0 Å². The van der Waals surface area contributed by atoms with Crippen molar-refractivity contribution in [1.82, 2.24) is 0 Å². The topological polar surface area (TPSA) is 40.5 Å². The van der Waals surface area contributed by atoms with Gasteiger partial charge in [-0.3, -0.25) is 0 Å². The highest BCUT2D eigenvalue weighted by Crippen LogP contribution is 2.69. The molecule has 0 aromatic rings. The Morgan fingerprint density at radius 1 is 0.897 bits per heavy atom. The van der Waals surface area contributed by atoms with Crippen molar-refractivity contribution < 1.29 is 10.2 Å². The molecule has 2 N–H and O–H groups in total. The van der Waals surface area contributed by atoms with Gasteiger partial charge in [0.05, 0.1) is 12.2 Å². The average Bonchev–Trinajstić information content (AvgIpc) is 3.05. The van der Waals surface area contributed by atoms with Crippen molar-refractivity contribution in [3.05, 3.63) is 0 Å². The van der Waals surface area contributed by atoms with Crippen molar-refractivity contribution in [2.45, 2.75) is 117 Å². The molecule has 4 aliphatic rings. The van der Waals surface area contributed by atoms with Crippen LogP contribution in [0.4, 0.5) is 0 Å². The predicted octanol–water partition coefficient (Wildman–Crippen LogP) is 6.44. The van der Waals surface area contributed by atoms with Gasteiger partial charge in [-0.15, -0.1) is 0 Å². The van der Waals surface area contributed by atoms with Crippen molar-refractivity contribution in [3.63, 3.8) is 0 Å². The summed E-state index contributed by atoms with van der Waals surface area (Å²) in [5.74, 6) is 4.46. The van der Waals surface area contributed by atoms with Gasteiger partial charge in [0.15, 0.2) is 0 Å². The van der Waals surface area contributed by atoms with Crippen LogP contribution in [-0.4, -0.2) is 22.4 Å². The summed E-state index contributed by atoms with van der Waals surface area (Å²) in [4.78, 5) is 0. The van der Waals surface area contributed by atoms with Crippen LogP contribution in [0.15, 0.2) is 0 Å². The summed E-state index contributed by atoms with van der Waals surface area (Å²) in [7, 11) is 0. The Morgan fingerprint density at radius 2 is 1.59 bits per heavy atom. The van der Waals surface area contributed by atoms with Crippen molar-refractivity contribution in [2.75, 3.05) is 0 Å². The summed E-state index contributed by atoms with van der Waals surface area (Å²) >= 11 is 0. The third kappa shape index (κ3) is 3.34. The monoisotopic (exact) mass is 404 g/mol. The predicted molar refractivity (Wildman–Crippen MR) is 120 cm³/mol. The highest BCUT2D eigenvalue weighted by Gasteiger charge is 2.64. The number of hydrogen-bond acceptors (Lipinski definition) is 2. The second kappa shape index (κ2) is 8.12. The standard InChI is InChI=1S/C27H48O2/c1-6-8-9-17(3)20-10-11-21-24-22(13-15-26(20,21)4)27(5)14-12-18(28)16-23(27)19(7-2)25(24)29/h17-25,28-29H,6-16H2,1-5H3/t17-,18-,19?,20-,21+,22+,23+,24+,25-,26-,27-/m1/s1. The molecule has 0 radical (unpaired) electrons. The Morgan fingerprint density at radius 3 is 2.28 bits per heavy atom. The minimum Gasteiger partial charge on any atom is -0.393 e. The van der Waals surface area contributed by atoms with E-state index in [-0.39, 0.29) is 12.2 Å². The molecule has 0 aromatic heterocycles. The smallest absolute Gasteiger partial charge is 0.0605 e. The van der Waals surface area contributed by atoms with E-state index in [0.29, 0.717) is 40.4 Å². The molecule has 0 bridgehead atoms. The first-order valence-electron chi connectivity index (χ1n) is 13.1. The lowest BCUT2D eigenvalue weighted by atomic mass is 9.41. The molecule has 0 spiro atoms. The van der Waals surface area contributed by atoms with Gasteiger partial charge in [-0.1, -0.05) is 60.3 Å². The van der Waals surface area contributed by atoms with E-state index in [2.05, 4.69) is 34.6 Å². The number of aliphatic hydroxyl groups is 2. The van der Waals surface area contributed by atoms with Crippen molar-refractivity contribution >= 4 is 0 Å². The molecule has 4 aliphatic carbocycles. The van der Waals surface area contributed by atoms with Gasteiger partial charge >= 0.3 is 0 Å². The Labute approximate surface area is 180 Å². The molecule has 2 heteroatoms. The number of aliphatic hydroxyl groups excluding tert-OH is 2. The van der Waals surface area contributed by atoms with Crippen molar-refractivity contribution in [1.29, 1.82) is 0 Å². The third-order valence-corrected chi connectivity index (χ3v) is 11.2. The van der Waals surface area contributed by atoms with Crippen LogP contribution >= 0.6 is 0 Å². The van der Waals surface area contributed by atoms with E-state index >= 15 is 0 Å². The molecule has 11 atom stereocenters. The molecule has 4 fully saturated rings. The van der Waals surface area contributed by atoms with Gasteiger partial charge in [0, 0.05) is 0 Å². The van der Waals surface area contributed by atoms with Crippen molar-refractivity contribution in [2.24, 2.45) is 52.3 Å². The van der Waals surface area contributed by atoms with Crippen LogP contribution in [0.5, 0.6) is 0 Å². The molecule has 4 rings (SSSR count). The molecule has 1 unspecified atom stereocenters. The molecule has 0 saturated heterocycles. The summed E-state index contributed by atoms with van der Waals surface area (Å²) in [5, 5.41) is 22.2. The zero-order chi connectivity index (χ0) is 21.0. The van der Waals surface area contributed by atoms with Gasteiger partial charge < -0.3 is 10.2 Å². The second-order valence-electron chi connectivity index (χ2n) is 12.2. The first kappa shape index (κ1) is 22.1.